The van der Waals surface area contributed by atoms with E-state index < -0.39 is 0 Å². The fraction of sp³-hybridized carbons (Fsp3) is 1.00. The number of hydrogen-bond donors (Lipinski definition) is 3. The summed E-state index contributed by atoms with van der Waals surface area (Å²) in [6.07, 6.45) is 1.22. The van der Waals surface area contributed by atoms with Crippen LogP contribution in [-0.4, -0.2) is 32.2 Å². The largest absolute Gasteiger partial charge is 0.326 e. The Balaban J connectivity index is 2.12. The van der Waals surface area contributed by atoms with Crippen molar-refractivity contribution in [1.82, 2.24) is 10.6 Å². The second kappa shape index (κ2) is 3.82. The van der Waals surface area contributed by atoms with Crippen LogP contribution in [0.25, 0.3) is 0 Å². The van der Waals surface area contributed by atoms with Gasteiger partial charge in [0.25, 0.3) is 0 Å². The molecule has 0 aromatic heterocycles. The third kappa shape index (κ3) is 2.79. The molecule has 0 aromatic carbocycles. The molecule has 1 heterocycles. The van der Waals surface area contributed by atoms with E-state index in [1.54, 1.807) is 0 Å². The van der Waals surface area contributed by atoms with Crippen molar-refractivity contribution in [3.05, 3.63) is 0 Å². The van der Waals surface area contributed by atoms with Crippen LogP contribution < -0.4 is 16.4 Å². The van der Waals surface area contributed by atoms with E-state index in [9.17, 15) is 0 Å². The summed E-state index contributed by atoms with van der Waals surface area (Å²) in [5, 5.41) is 6.54. The molecule has 0 radical (unpaired) electrons. The molecule has 0 unspecified atom stereocenters. The minimum atomic E-state index is 0.297. The van der Waals surface area contributed by atoms with Crippen molar-refractivity contribution < 1.29 is 0 Å². The maximum atomic E-state index is 5.68. The lowest BCUT2D eigenvalue weighted by Crippen LogP contribution is -2.45. The summed E-state index contributed by atoms with van der Waals surface area (Å²) in [5.74, 6) is 0. The monoisotopic (exact) mass is 129 g/mol. The summed E-state index contributed by atoms with van der Waals surface area (Å²) in [7, 11) is 0. The molecule has 0 atom stereocenters. The average Bonchev–Trinajstić information content (AvgIpc) is 1.79. The third-order valence-electron chi connectivity index (χ3n) is 1.52. The number of nitrogens with two attached hydrogens (primary N) is 1. The SMILES string of the molecule is NC1CNCCCNC1. The van der Waals surface area contributed by atoms with Gasteiger partial charge in [-0.3, -0.25) is 0 Å². The summed E-state index contributed by atoms with van der Waals surface area (Å²) >= 11 is 0. The van der Waals surface area contributed by atoms with Gasteiger partial charge < -0.3 is 16.4 Å². The topological polar surface area (TPSA) is 50.1 Å². The molecule has 0 amide bonds. The second-order valence-electron chi connectivity index (χ2n) is 2.52. The van der Waals surface area contributed by atoms with E-state index in [0.29, 0.717) is 6.04 Å². The van der Waals surface area contributed by atoms with E-state index in [4.69, 9.17) is 5.73 Å². The number of rotatable bonds is 0. The highest BCUT2D eigenvalue weighted by molar-refractivity contribution is 4.70. The van der Waals surface area contributed by atoms with Crippen LogP contribution in [-0.2, 0) is 0 Å². The Morgan fingerprint density at radius 2 is 1.67 bits per heavy atom. The zero-order chi connectivity index (χ0) is 6.53. The first-order chi connectivity index (χ1) is 4.39. The second-order valence-corrected chi connectivity index (χ2v) is 2.52. The molecule has 54 valence electrons. The van der Waals surface area contributed by atoms with Crippen LogP contribution >= 0.6 is 0 Å². The zero-order valence-corrected chi connectivity index (χ0v) is 5.69. The van der Waals surface area contributed by atoms with Crippen LogP contribution in [0, 0.1) is 0 Å². The molecule has 3 heteroatoms. The lowest BCUT2D eigenvalue weighted by Gasteiger charge is -2.16. The van der Waals surface area contributed by atoms with Gasteiger partial charge in [0.1, 0.15) is 0 Å². The molecule has 0 aromatic rings. The van der Waals surface area contributed by atoms with Crippen LogP contribution in [0.4, 0.5) is 0 Å². The van der Waals surface area contributed by atoms with E-state index >= 15 is 0 Å². The summed E-state index contributed by atoms with van der Waals surface area (Å²) in [4.78, 5) is 0. The maximum Gasteiger partial charge on any atom is 0.0292 e. The van der Waals surface area contributed by atoms with Crippen LogP contribution in [0.3, 0.4) is 0 Å². The summed E-state index contributed by atoms with van der Waals surface area (Å²) in [6, 6.07) is 0.297. The van der Waals surface area contributed by atoms with Crippen LogP contribution in [0.15, 0.2) is 0 Å². The van der Waals surface area contributed by atoms with Gasteiger partial charge in [-0.05, 0) is 19.5 Å². The lowest BCUT2D eigenvalue weighted by atomic mass is 10.2. The molecule has 0 saturated carbocycles. The molecule has 4 N–H and O–H groups in total. The summed E-state index contributed by atoms with van der Waals surface area (Å²) in [6.45, 7) is 4.10. The van der Waals surface area contributed by atoms with Gasteiger partial charge >= 0.3 is 0 Å². The standard InChI is InChI=1S/C6H15N3/c7-6-4-8-2-1-3-9-5-6/h6,8-9H,1-5,7H2. The minimum Gasteiger partial charge on any atom is -0.326 e. The normalized spacial score (nSPS) is 25.0. The predicted octanol–water partition coefficient (Wildman–Crippen LogP) is -1.10. The quantitative estimate of drug-likeness (QED) is 0.389. The first kappa shape index (κ1) is 6.99. The first-order valence-electron chi connectivity index (χ1n) is 3.56. The van der Waals surface area contributed by atoms with Crippen molar-refractivity contribution in [2.24, 2.45) is 5.73 Å². The van der Waals surface area contributed by atoms with Gasteiger partial charge in [0.2, 0.25) is 0 Å². The molecule has 1 rings (SSSR count). The van der Waals surface area contributed by atoms with E-state index in [1.807, 2.05) is 0 Å². The molecular weight excluding hydrogens is 114 g/mol. The van der Waals surface area contributed by atoms with Crippen molar-refractivity contribution in [2.75, 3.05) is 26.2 Å². The molecule has 1 aliphatic heterocycles. The number of nitrogens with one attached hydrogen (secondary N) is 2. The Labute approximate surface area is 56.0 Å². The molecule has 0 spiro atoms. The van der Waals surface area contributed by atoms with Crippen molar-refractivity contribution in [2.45, 2.75) is 12.5 Å². The first-order valence-corrected chi connectivity index (χ1v) is 3.56. The Bertz CT molecular complexity index is 66.7. The highest BCUT2D eigenvalue weighted by atomic mass is 15.0. The van der Waals surface area contributed by atoms with E-state index in [2.05, 4.69) is 10.6 Å². The van der Waals surface area contributed by atoms with E-state index in [1.165, 1.54) is 6.42 Å². The Morgan fingerprint density at radius 3 is 2.22 bits per heavy atom. The van der Waals surface area contributed by atoms with Crippen molar-refractivity contribution in [3.63, 3.8) is 0 Å². The molecule has 9 heavy (non-hydrogen) atoms. The van der Waals surface area contributed by atoms with Gasteiger partial charge in [0.05, 0.1) is 0 Å². The molecule has 1 fully saturated rings. The maximum absolute atomic E-state index is 5.68. The molecular formula is C6H15N3. The Morgan fingerprint density at radius 1 is 1.11 bits per heavy atom. The number of hydrogen-bond acceptors (Lipinski definition) is 3. The van der Waals surface area contributed by atoms with Crippen LogP contribution in [0.1, 0.15) is 6.42 Å². The summed E-state index contributed by atoms with van der Waals surface area (Å²) in [5.41, 5.74) is 5.68. The highest BCUT2D eigenvalue weighted by Gasteiger charge is 2.02. The third-order valence-corrected chi connectivity index (χ3v) is 1.52. The van der Waals surface area contributed by atoms with Gasteiger partial charge in [-0.1, -0.05) is 0 Å². The van der Waals surface area contributed by atoms with Gasteiger partial charge in [0, 0.05) is 19.1 Å². The highest BCUT2D eigenvalue weighted by Crippen LogP contribution is 1.81. The summed E-state index contributed by atoms with van der Waals surface area (Å²) < 4.78 is 0. The molecule has 1 aliphatic rings. The zero-order valence-electron chi connectivity index (χ0n) is 5.69. The molecule has 0 bridgehead atoms. The Hall–Kier alpha value is -0.120. The van der Waals surface area contributed by atoms with Gasteiger partial charge in [-0.25, -0.2) is 0 Å². The van der Waals surface area contributed by atoms with Crippen molar-refractivity contribution in [3.8, 4) is 0 Å². The Kier molecular flexibility index (Phi) is 2.97. The lowest BCUT2D eigenvalue weighted by molar-refractivity contribution is 0.480. The molecule has 3 nitrogen and oxygen atoms in total. The van der Waals surface area contributed by atoms with E-state index in [-0.39, 0.29) is 0 Å². The van der Waals surface area contributed by atoms with Crippen molar-refractivity contribution in [1.29, 1.82) is 0 Å². The average molecular weight is 129 g/mol. The van der Waals surface area contributed by atoms with Crippen LogP contribution in [0.5, 0.6) is 0 Å². The molecule has 0 aliphatic carbocycles. The predicted molar refractivity (Wildman–Crippen MR) is 38.3 cm³/mol. The minimum absolute atomic E-state index is 0.297. The fourth-order valence-corrected chi connectivity index (χ4v) is 0.985. The van der Waals surface area contributed by atoms with Gasteiger partial charge in [-0.15, -0.1) is 0 Å². The van der Waals surface area contributed by atoms with Gasteiger partial charge in [-0.2, -0.15) is 0 Å². The fourth-order valence-electron chi connectivity index (χ4n) is 0.985. The molecule has 1 saturated heterocycles. The smallest absolute Gasteiger partial charge is 0.0292 e. The van der Waals surface area contributed by atoms with E-state index in [0.717, 1.165) is 26.2 Å². The van der Waals surface area contributed by atoms with Gasteiger partial charge in [0.15, 0.2) is 0 Å². The van der Waals surface area contributed by atoms with Crippen molar-refractivity contribution >= 4 is 0 Å². The van der Waals surface area contributed by atoms with Crippen LogP contribution in [0.2, 0.25) is 0 Å².